The summed E-state index contributed by atoms with van der Waals surface area (Å²) in [5, 5.41) is 0. The topological polar surface area (TPSA) is 34.1 Å². The molecule has 0 amide bonds. The van der Waals surface area contributed by atoms with Crippen molar-refractivity contribution in [2.75, 3.05) is 11.6 Å². The number of rotatable bonds is 4. The summed E-state index contributed by atoms with van der Waals surface area (Å²) < 4.78 is 23.0. The van der Waals surface area contributed by atoms with Crippen LogP contribution in [0.15, 0.2) is 35.2 Å². The maximum absolute atomic E-state index is 11.5. The van der Waals surface area contributed by atoms with E-state index in [1.165, 1.54) is 0 Å². The van der Waals surface area contributed by atoms with Crippen molar-refractivity contribution in [3.8, 4) is 0 Å². The van der Waals surface area contributed by atoms with Gasteiger partial charge in [0, 0.05) is 11.6 Å². The molecule has 1 aromatic rings. The van der Waals surface area contributed by atoms with Crippen molar-refractivity contribution in [1.29, 1.82) is 0 Å². The van der Waals surface area contributed by atoms with Crippen LogP contribution in [0, 0.1) is 0 Å². The van der Waals surface area contributed by atoms with Gasteiger partial charge in [0.05, 0.1) is 4.90 Å². The van der Waals surface area contributed by atoms with E-state index in [1.54, 1.807) is 30.3 Å². The highest BCUT2D eigenvalue weighted by molar-refractivity contribution is 8.72. The van der Waals surface area contributed by atoms with Crippen LogP contribution in [-0.4, -0.2) is 20.1 Å². The average molecular weight is 237 g/mol. The van der Waals surface area contributed by atoms with Crippen LogP contribution in [0.4, 0.5) is 0 Å². The summed E-state index contributed by atoms with van der Waals surface area (Å²) in [5.74, 6) is 0.759. The molecule has 0 aliphatic carbocycles. The van der Waals surface area contributed by atoms with Crippen molar-refractivity contribution in [2.24, 2.45) is 0 Å². The Morgan fingerprint density at radius 1 is 1.23 bits per heavy atom. The normalized spacial score (nSPS) is 11.5. The van der Waals surface area contributed by atoms with E-state index in [-0.39, 0.29) is 0 Å². The third-order valence-electron chi connectivity index (χ3n) is 1.35. The molecular weight excluding hydrogens is 228 g/mol. The first-order chi connectivity index (χ1) is 6.17. The van der Waals surface area contributed by atoms with Gasteiger partial charge in [0.15, 0.2) is 0 Å². The summed E-state index contributed by atoms with van der Waals surface area (Å²) in [6, 6.07) is 8.35. The van der Waals surface area contributed by atoms with Crippen molar-refractivity contribution in [1.82, 2.24) is 0 Å². The quantitative estimate of drug-likeness (QED) is 0.595. The third-order valence-corrected chi connectivity index (χ3v) is 5.30. The number of benzene rings is 1. The largest absolute Gasteiger partial charge is 0.230 e. The predicted octanol–water partition coefficient (Wildman–Crippen LogP) is 2.35. The Morgan fingerprint density at radius 2 is 1.85 bits per heavy atom. The van der Waals surface area contributed by atoms with E-state index in [9.17, 15) is 8.42 Å². The van der Waals surface area contributed by atoms with Crippen molar-refractivity contribution in [2.45, 2.75) is 4.90 Å². The molecule has 0 N–H and O–H groups in total. The minimum absolute atomic E-state index is 0.338. The van der Waals surface area contributed by atoms with Gasteiger partial charge in [-0.1, -0.05) is 18.2 Å². The highest BCUT2D eigenvalue weighted by atomic mass is 35.5. The van der Waals surface area contributed by atoms with Crippen LogP contribution in [-0.2, 0) is 8.87 Å². The molecule has 0 atom stereocenters. The molecule has 0 aliphatic heterocycles. The fraction of sp³-hybridized carbons (Fsp3) is 0.250. The number of hydrogen-bond donors (Lipinski definition) is 0. The molecule has 1 rings (SSSR count). The van der Waals surface area contributed by atoms with E-state index in [0.29, 0.717) is 16.5 Å². The summed E-state index contributed by atoms with van der Waals surface area (Å²) >= 11 is 5.41. The number of halogens is 1. The minimum atomic E-state index is -3.19. The summed E-state index contributed by atoms with van der Waals surface area (Å²) in [5.41, 5.74) is 0. The lowest BCUT2D eigenvalue weighted by Gasteiger charge is -2.00. The highest BCUT2D eigenvalue weighted by Gasteiger charge is 2.13. The van der Waals surface area contributed by atoms with Gasteiger partial charge in [-0.25, -0.2) is 8.42 Å². The molecule has 2 nitrogen and oxygen atoms in total. The van der Waals surface area contributed by atoms with E-state index in [2.05, 4.69) is 0 Å². The van der Waals surface area contributed by atoms with E-state index < -0.39 is 8.87 Å². The molecule has 0 bridgehead atoms. The van der Waals surface area contributed by atoms with Crippen molar-refractivity contribution in [3.05, 3.63) is 30.3 Å². The van der Waals surface area contributed by atoms with Gasteiger partial charge in [0.25, 0.3) is 0 Å². The van der Waals surface area contributed by atoms with Crippen LogP contribution in [0.5, 0.6) is 0 Å². The minimum Gasteiger partial charge on any atom is -0.212 e. The number of alkyl halides is 1. The monoisotopic (exact) mass is 236 g/mol. The summed E-state index contributed by atoms with van der Waals surface area (Å²) in [7, 11) is -2.32. The van der Waals surface area contributed by atoms with Gasteiger partial charge in [0.2, 0.25) is 8.87 Å². The SMILES string of the molecule is O=S(=O)(SCCCl)c1ccccc1. The van der Waals surface area contributed by atoms with Crippen molar-refractivity contribution < 1.29 is 8.42 Å². The first-order valence-electron chi connectivity index (χ1n) is 3.67. The third kappa shape index (κ3) is 3.21. The molecule has 72 valence electrons. The Morgan fingerprint density at radius 3 is 2.38 bits per heavy atom. The molecule has 0 radical (unpaired) electrons. The molecule has 0 heterocycles. The molecule has 1 aromatic carbocycles. The molecule has 0 fully saturated rings. The maximum Gasteiger partial charge on any atom is 0.230 e. The van der Waals surface area contributed by atoms with E-state index in [4.69, 9.17) is 11.6 Å². The van der Waals surface area contributed by atoms with Crippen LogP contribution in [0.2, 0.25) is 0 Å². The highest BCUT2D eigenvalue weighted by Crippen LogP contribution is 2.22. The maximum atomic E-state index is 11.5. The Labute approximate surface area is 86.6 Å². The zero-order chi connectivity index (χ0) is 9.73. The van der Waals surface area contributed by atoms with Gasteiger partial charge in [-0.3, -0.25) is 0 Å². The van der Waals surface area contributed by atoms with Crippen LogP contribution in [0.1, 0.15) is 0 Å². The standard InChI is InChI=1S/C8H9ClO2S2/c9-6-7-12-13(10,11)8-4-2-1-3-5-8/h1-5H,6-7H2. The molecule has 0 saturated heterocycles. The lowest BCUT2D eigenvalue weighted by Crippen LogP contribution is -1.96. The lowest BCUT2D eigenvalue weighted by molar-refractivity contribution is 0.610. The molecule has 0 spiro atoms. The second kappa shape index (κ2) is 4.88. The first kappa shape index (κ1) is 10.9. The summed E-state index contributed by atoms with van der Waals surface area (Å²) in [6.45, 7) is 0. The van der Waals surface area contributed by atoms with Gasteiger partial charge in [0.1, 0.15) is 0 Å². The molecule has 5 heteroatoms. The van der Waals surface area contributed by atoms with Crippen LogP contribution < -0.4 is 0 Å². The smallest absolute Gasteiger partial charge is 0.212 e. The second-order valence-electron chi connectivity index (χ2n) is 2.28. The van der Waals surface area contributed by atoms with Crippen molar-refractivity contribution >= 4 is 31.3 Å². The van der Waals surface area contributed by atoms with Crippen LogP contribution in [0.3, 0.4) is 0 Å². The van der Waals surface area contributed by atoms with Crippen LogP contribution >= 0.6 is 22.4 Å². The zero-order valence-corrected chi connectivity index (χ0v) is 9.20. The Bertz CT molecular complexity index is 348. The van der Waals surface area contributed by atoms with E-state index in [0.717, 1.165) is 10.8 Å². The van der Waals surface area contributed by atoms with Gasteiger partial charge < -0.3 is 0 Å². The summed E-state index contributed by atoms with van der Waals surface area (Å²) in [6.07, 6.45) is 0. The Balaban J connectivity index is 2.83. The predicted molar refractivity (Wildman–Crippen MR) is 56.8 cm³/mol. The fourth-order valence-electron chi connectivity index (χ4n) is 0.796. The second-order valence-corrected chi connectivity index (χ2v) is 6.70. The average Bonchev–Trinajstić information content (AvgIpc) is 2.16. The Kier molecular flexibility index (Phi) is 4.09. The fourth-order valence-corrected chi connectivity index (χ4v) is 3.86. The Hall–Kier alpha value is -0.190. The molecule has 0 aliphatic rings. The van der Waals surface area contributed by atoms with Gasteiger partial charge in [-0.15, -0.1) is 11.6 Å². The molecule has 0 aromatic heterocycles. The molecule has 13 heavy (non-hydrogen) atoms. The molecular formula is C8H9ClO2S2. The number of hydrogen-bond acceptors (Lipinski definition) is 3. The van der Waals surface area contributed by atoms with E-state index in [1.807, 2.05) is 0 Å². The van der Waals surface area contributed by atoms with Gasteiger partial charge >= 0.3 is 0 Å². The lowest BCUT2D eigenvalue weighted by atomic mass is 10.4. The van der Waals surface area contributed by atoms with Crippen molar-refractivity contribution in [3.63, 3.8) is 0 Å². The van der Waals surface area contributed by atoms with Crippen LogP contribution in [0.25, 0.3) is 0 Å². The molecule has 0 saturated carbocycles. The zero-order valence-electron chi connectivity index (χ0n) is 6.81. The first-order valence-corrected chi connectivity index (χ1v) is 7.19. The van der Waals surface area contributed by atoms with Gasteiger partial charge in [-0.2, -0.15) is 0 Å². The van der Waals surface area contributed by atoms with E-state index >= 15 is 0 Å². The molecule has 0 unspecified atom stereocenters. The van der Waals surface area contributed by atoms with Gasteiger partial charge in [-0.05, 0) is 22.9 Å². The summed E-state index contributed by atoms with van der Waals surface area (Å²) in [4.78, 5) is 0.338.